The second-order valence-electron chi connectivity index (χ2n) is 3.77. The van der Waals surface area contributed by atoms with E-state index < -0.39 is 12.0 Å². The summed E-state index contributed by atoms with van der Waals surface area (Å²) in [5.74, 6) is -0.819. The summed E-state index contributed by atoms with van der Waals surface area (Å²) >= 11 is 3.34. The average Bonchev–Trinajstić information content (AvgIpc) is 2.97. The summed E-state index contributed by atoms with van der Waals surface area (Å²) in [5, 5.41) is 12.2. The zero-order valence-electron chi connectivity index (χ0n) is 8.11. The van der Waals surface area contributed by atoms with Gasteiger partial charge in [0.2, 0.25) is 0 Å². The lowest BCUT2D eigenvalue weighted by atomic mass is 10.1. The van der Waals surface area contributed by atoms with Gasteiger partial charge in [-0.2, -0.15) is 0 Å². The number of hydrogen-bond acceptors (Lipinski definition) is 2. The minimum atomic E-state index is -0.819. The van der Waals surface area contributed by atoms with Crippen molar-refractivity contribution in [1.82, 2.24) is 5.32 Å². The Hall–Kier alpha value is -0.870. The Morgan fingerprint density at radius 2 is 2.27 bits per heavy atom. The van der Waals surface area contributed by atoms with E-state index >= 15 is 0 Å². The summed E-state index contributed by atoms with van der Waals surface area (Å²) < 4.78 is 0.906. The Morgan fingerprint density at radius 3 is 2.80 bits per heavy atom. The molecule has 1 aliphatic carbocycles. The maximum absolute atomic E-state index is 11.1. The van der Waals surface area contributed by atoms with Crippen LogP contribution in [0.1, 0.15) is 24.4 Å². The summed E-state index contributed by atoms with van der Waals surface area (Å²) in [6, 6.07) is 7.20. The van der Waals surface area contributed by atoms with Crippen molar-refractivity contribution in [2.75, 3.05) is 0 Å². The average molecular weight is 270 g/mol. The van der Waals surface area contributed by atoms with Crippen LogP contribution < -0.4 is 5.32 Å². The van der Waals surface area contributed by atoms with E-state index in [9.17, 15) is 4.79 Å². The van der Waals surface area contributed by atoms with Gasteiger partial charge in [0.25, 0.3) is 0 Å². The van der Waals surface area contributed by atoms with E-state index in [-0.39, 0.29) is 0 Å². The lowest BCUT2D eigenvalue weighted by molar-refractivity contribution is -0.139. The van der Waals surface area contributed by atoms with Gasteiger partial charge in [0, 0.05) is 10.5 Å². The molecule has 1 unspecified atom stereocenters. The van der Waals surface area contributed by atoms with Crippen molar-refractivity contribution in [3.63, 3.8) is 0 Å². The molecule has 0 radical (unpaired) electrons. The molecule has 0 saturated heterocycles. The Labute approximate surface area is 96.6 Å². The largest absolute Gasteiger partial charge is 0.480 e. The monoisotopic (exact) mass is 269 g/mol. The third kappa shape index (κ3) is 2.79. The number of carboxylic acids is 1. The molecule has 4 heteroatoms. The van der Waals surface area contributed by atoms with Crippen molar-refractivity contribution in [2.24, 2.45) is 0 Å². The zero-order chi connectivity index (χ0) is 10.8. The Morgan fingerprint density at radius 1 is 1.53 bits per heavy atom. The molecule has 0 aliphatic heterocycles. The smallest absolute Gasteiger partial charge is 0.325 e. The SMILES string of the molecule is O=C(O)C(NC1CC1)c1cccc(Br)c1. The van der Waals surface area contributed by atoms with Gasteiger partial charge in [-0.15, -0.1) is 0 Å². The normalized spacial score (nSPS) is 17.4. The number of aliphatic carboxylic acids is 1. The number of carbonyl (C=O) groups is 1. The Balaban J connectivity index is 2.18. The van der Waals surface area contributed by atoms with Crippen LogP contribution >= 0.6 is 15.9 Å². The summed E-state index contributed by atoms with van der Waals surface area (Å²) in [5.41, 5.74) is 0.795. The third-order valence-corrected chi connectivity index (χ3v) is 2.90. The predicted molar refractivity (Wildman–Crippen MR) is 60.7 cm³/mol. The van der Waals surface area contributed by atoms with E-state index in [0.717, 1.165) is 22.9 Å². The van der Waals surface area contributed by atoms with Gasteiger partial charge < -0.3 is 5.11 Å². The van der Waals surface area contributed by atoms with Crippen LogP contribution in [-0.2, 0) is 4.79 Å². The van der Waals surface area contributed by atoms with E-state index in [0.29, 0.717) is 6.04 Å². The van der Waals surface area contributed by atoms with Crippen LogP contribution in [-0.4, -0.2) is 17.1 Å². The number of halogens is 1. The Bertz CT molecular complexity index is 377. The molecular formula is C11H12BrNO2. The van der Waals surface area contributed by atoms with E-state index in [1.54, 1.807) is 0 Å². The van der Waals surface area contributed by atoms with E-state index in [1.165, 1.54) is 0 Å². The van der Waals surface area contributed by atoms with Gasteiger partial charge in [0.05, 0.1) is 0 Å². The molecule has 1 aromatic rings. The van der Waals surface area contributed by atoms with Crippen molar-refractivity contribution in [3.8, 4) is 0 Å². The molecule has 15 heavy (non-hydrogen) atoms. The maximum Gasteiger partial charge on any atom is 0.325 e. The van der Waals surface area contributed by atoms with Gasteiger partial charge in [0.1, 0.15) is 6.04 Å². The standard InChI is InChI=1S/C11H12BrNO2/c12-8-3-1-2-7(6-8)10(11(14)15)13-9-4-5-9/h1-3,6,9-10,13H,4-5H2,(H,14,15). The van der Waals surface area contributed by atoms with Crippen molar-refractivity contribution in [1.29, 1.82) is 0 Å². The summed E-state index contributed by atoms with van der Waals surface area (Å²) in [6.07, 6.45) is 2.16. The van der Waals surface area contributed by atoms with E-state index in [4.69, 9.17) is 5.11 Å². The minimum Gasteiger partial charge on any atom is -0.480 e. The van der Waals surface area contributed by atoms with Gasteiger partial charge >= 0.3 is 5.97 Å². The van der Waals surface area contributed by atoms with Gasteiger partial charge in [-0.25, -0.2) is 0 Å². The van der Waals surface area contributed by atoms with Crippen LogP contribution in [0.15, 0.2) is 28.7 Å². The van der Waals surface area contributed by atoms with Crippen LogP contribution in [0.25, 0.3) is 0 Å². The second-order valence-corrected chi connectivity index (χ2v) is 4.68. The molecule has 2 N–H and O–H groups in total. The first kappa shape index (κ1) is 10.6. The molecule has 0 amide bonds. The molecule has 1 atom stereocenters. The van der Waals surface area contributed by atoms with Gasteiger partial charge in [-0.1, -0.05) is 28.1 Å². The molecule has 0 aromatic heterocycles. The van der Waals surface area contributed by atoms with Crippen molar-refractivity contribution in [3.05, 3.63) is 34.3 Å². The number of hydrogen-bond donors (Lipinski definition) is 2. The molecule has 1 aromatic carbocycles. The predicted octanol–water partition coefficient (Wildman–Crippen LogP) is 2.33. The highest BCUT2D eigenvalue weighted by Crippen LogP contribution is 2.25. The zero-order valence-corrected chi connectivity index (χ0v) is 9.70. The number of rotatable bonds is 4. The van der Waals surface area contributed by atoms with Crippen molar-refractivity contribution >= 4 is 21.9 Å². The van der Waals surface area contributed by atoms with Gasteiger partial charge in [-0.05, 0) is 30.5 Å². The summed E-state index contributed by atoms with van der Waals surface area (Å²) in [4.78, 5) is 11.1. The molecule has 0 heterocycles. The van der Waals surface area contributed by atoms with Crippen molar-refractivity contribution in [2.45, 2.75) is 24.9 Å². The molecule has 3 nitrogen and oxygen atoms in total. The van der Waals surface area contributed by atoms with Crippen LogP contribution in [0, 0.1) is 0 Å². The fraction of sp³-hybridized carbons (Fsp3) is 0.364. The lowest BCUT2D eigenvalue weighted by Crippen LogP contribution is -2.30. The van der Waals surface area contributed by atoms with Gasteiger partial charge in [0.15, 0.2) is 0 Å². The maximum atomic E-state index is 11.1. The van der Waals surface area contributed by atoms with Crippen LogP contribution in [0.2, 0.25) is 0 Å². The quantitative estimate of drug-likeness (QED) is 0.882. The minimum absolute atomic E-state index is 0.380. The highest BCUT2D eigenvalue weighted by atomic mass is 79.9. The first-order chi connectivity index (χ1) is 7.16. The molecule has 0 spiro atoms. The topological polar surface area (TPSA) is 49.3 Å². The van der Waals surface area contributed by atoms with Gasteiger partial charge in [-0.3, -0.25) is 10.1 Å². The summed E-state index contributed by atoms with van der Waals surface area (Å²) in [7, 11) is 0. The molecule has 1 fully saturated rings. The molecule has 1 saturated carbocycles. The number of nitrogens with one attached hydrogen (secondary N) is 1. The molecule has 1 aliphatic rings. The van der Waals surface area contributed by atoms with Crippen LogP contribution in [0.3, 0.4) is 0 Å². The fourth-order valence-electron chi connectivity index (χ4n) is 1.48. The van der Waals surface area contributed by atoms with E-state index in [2.05, 4.69) is 21.2 Å². The first-order valence-electron chi connectivity index (χ1n) is 4.91. The van der Waals surface area contributed by atoms with Crippen LogP contribution in [0.5, 0.6) is 0 Å². The fourth-order valence-corrected chi connectivity index (χ4v) is 1.90. The number of benzene rings is 1. The molecule has 2 rings (SSSR count). The highest BCUT2D eigenvalue weighted by Gasteiger charge is 2.29. The third-order valence-electron chi connectivity index (χ3n) is 2.41. The second kappa shape index (κ2) is 4.33. The lowest BCUT2D eigenvalue weighted by Gasteiger charge is -2.14. The summed E-state index contributed by atoms with van der Waals surface area (Å²) in [6.45, 7) is 0. The van der Waals surface area contributed by atoms with Crippen LogP contribution in [0.4, 0.5) is 0 Å². The highest BCUT2D eigenvalue weighted by molar-refractivity contribution is 9.10. The molecule has 0 bridgehead atoms. The Kier molecular flexibility index (Phi) is 3.07. The number of carboxylic acid groups (broad SMARTS) is 1. The molecular weight excluding hydrogens is 258 g/mol. The first-order valence-corrected chi connectivity index (χ1v) is 5.70. The van der Waals surface area contributed by atoms with E-state index in [1.807, 2.05) is 24.3 Å². The molecule has 80 valence electrons. The van der Waals surface area contributed by atoms with Crippen molar-refractivity contribution < 1.29 is 9.90 Å².